The van der Waals surface area contributed by atoms with Gasteiger partial charge >= 0.3 is 0 Å². The molecule has 0 radical (unpaired) electrons. The zero-order valence-corrected chi connectivity index (χ0v) is 12.1. The first-order valence-electron chi connectivity index (χ1n) is 6.78. The van der Waals surface area contributed by atoms with E-state index in [1.165, 1.54) is 23.6 Å². The number of nitrogens with two attached hydrogens (primary N) is 1. The van der Waals surface area contributed by atoms with Crippen LogP contribution < -0.4 is 10.6 Å². The second kappa shape index (κ2) is 5.43. The van der Waals surface area contributed by atoms with Crippen LogP contribution in [-0.4, -0.2) is 40.5 Å². The number of pyridine rings is 1. The van der Waals surface area contributed by atoms with Crippen LogP contribution in [0.4, 0.5) is 5.82 Å². The standard InChI is InChI=1S/C14H20N4S/c1-17(11-6-9-19-10-11)14-12(5-7-15)18-8-3-2-4-13(18)16-14/h2-4,8,11H,5-7,9-10,15H2,1H3. The number of hydrogen-bond donors (Lipinski definition) is 1. The largest absolute Gasteiger partial charge is 0.354 e. The van der Waals surface area contributed by atoms with E-state index in [1.54, 1.807) is 0 Å². The lowest BCUT2D eigenvalue weighted by atomic mass is 10.2. The fraction of sp³-hybridized carbons (Fsp3) is 0.500. The minimum atomic E-state index is 0.603. The van der Waals surface area contributed by atoms with Gasteiger partial charge in [-0.25, -0.2) is 4.98 Å². The number of fused-ring (bicyclic) bond motifs is 1. The molecule has 0 saturated carbocycles. The monoisotopic (exact) mass is 276 g/mol. The normalized spacial score (nSPS) is 19.2. The molecule has 1 saturated heterocycles. The smallest absolute Gasteiger partial charge is 0.151 e. The first-order chi connectivity index (χ1) is 9.31. The summed E-state index contributed by atoms with van der Waals surface area (Å²) < 4.78 is 2.17. The lowest BCUT2D eigenvalue weighted by molar-refractivity contribution is 0.688. The van der Waals surface area contributed by atoms with E-state index in [9.17, 15) is 0 Å². The van der Waals surface area contributed by atoms with Crippen molar-refractivity contribution in [3.05, 3.63) is 30.1 Å². The van der Waals surface area contributed by atoms with Crippen LogP contribution in [0.25, 0.3) is 5.65 Å². The van der Waals surface area contributed by atoms with E-state index >= 15 is 0 Å². The molecule has 3 heterocycles. The van der Waals surface area contributed by atoms with Crippen LogP contribution in [-0.2, 0) is 6.42 Å². The van der Waals surface area contributed by atoms with Gasteiger partial charge in [-0.2, -0.15) is 11.8 Å². The lowest BCUT2D eigenvalue weighted by Gasteiger charge is -2.24. The summed E-state index contributed by atoms with van der Waals surface area (Å²) in [7, 11) is 2.17. The minimum Gasteiger partial charge on any atom is -0.354 e. The zero-order chi connectivity index (χ0) is 13.2. The van der Waals surface area contributed by atoms with E-state index in [2.05, 4.69) is 28.6 Å². The fourth-order valence-corrected chi connectivity index (χ4v) is 3.95. The van der Waals surface area contributed by atoms with Crippen molar-refractivity contribution in [2.45, 2.75) is 18.9 Å². The Morgan fingerprint density at radius 1 is 1.53 bits per heavy atom. The maximum Gasteiger partial charge on any atom is 0.151 e. The van der Waals surface area contributed by atoms with Gasteiger partial charge in [-0.05, 0) is 30.9 Å². The molecule has 1 aliphatic heterocycles. The van der Waals surface area contributed by atoms with Gasteiger partial charge in [0.05, 0.1) is 5.69 Å². The highest BCUT2D eigenvalue weighted by molar-refractivity contribution is 7.99. The molecule has 102 valence electrons. The summed E-state index contributed by atoms with van der Waals surface area (Å²) >= 11 is 2.03. The molecule has 1 unspecified atom stereocenters. The lowest BCUT2D eigenvalue weighted by Crippen LogP contribution is -2.32. The molecule has 1 fully saturated rings. The second-order valence-electron chi connectivity index (χ2n) is 4.98. The van der Waals surface area contributed by atoms with Crippen molar-refractivity contribution >= 4 is 23.2 Å². The van der Waals surface area contributed by atoms with Crippen molar-refractivity contribution in [2.75, 3.05) is 30.0 Å². The summed E-state index contributed by atoms with van der Waals surface area (Å²) in [5.74, 6) is 3.56. The third-order valence-corrected chi connectivity index (χ3v) is 4.92. The Labute approximate surface area is 118 Å². The Kier molecular flexibility index (Phi) is 3.66. The third kappa shape index (κ3) is 2.32. The van der Waals surface area contributed by atoms with Crippen LogP contribution >= 0.6 is 11.8 Å². The topological polar surface area (TPSA) is 46.6 Å². The maximum absolute atomic E-state index is 5.77. The molecule has 4 nitrogen and oxygen atoms in total. The van der Waals surface area contributed by atoms with E-state index in [-0.39, 0.29) is 0 Å². The molecular formula is C14H20N4S. The van der Waals surface area contributed by atoms with Gasteiger partial charge in [-0.15, -0.1) is 0 Å². The van der Waals surface area contributed by atoms with Crippen LogP contribution in [0.15, 0.2) is 24.4 Å². The molecule has 2 aromatic rings. The van der Waals surface area contributed by atoms with E-state index < -0.39 is 0 Å². The average molecular weight is 276 g/mol. The maximum atomic E-state index is 5.77. The predicted octanol–water partition coefficient (Wildman–Crippen LogP) is 1.78. The molecule has 5 heteroatoms. The molecule has 0 bridgehead atoms. The van der Waals surface area contributed by atoms with Crippen molar-refractivity contribution in [1.29, 1.82) is 0 Å². The van der Waals surface area contributed by atoms with Gasteiger partial charge in [-0.1, -0.05) is 6.07 Å². The van der Waals surface area contributed by atoms with E-state index in [1.807, 2.05) is 23.9 Å². The Bertz CT molecular complexity index is 560. The molecule has 1 atom stereocenters. The molecule has 2 aromatic heterocycles. The van der Waals surface area contributed by atoms with Crippen LogP contribution in [0.1, 0.15) is 12.1 Å². The Morgan fingerprint density at radius 2 is 2.42 bits per heavy atom. The van der Waals surface area contributed by atoms with Crippen molar-refractivity contribution in [1.82, 2.24) is 9.38 Å². The number of anilines is 1. The SMILES string of the molecule is CN(c1nc2ccccn2c1CCN)C1CCSC1. The van der Waals surface area contributed by atoms with Gasteiger partial charge in [0, 0.05) is 31.5 Å². The molecule has 19 heavy (non-hydrogen) atoms. The second-order valence-corrected chi connectivity index (χ2v) is 6.13. The summed E-state index contributed by atoms with van der Waals surface area (Å²) in [5, 5.41) is 0. The molecule has 0 aromatic carbocycles. The van der Waals surface area contributed by atoms with E-state index in [0.717, 1.165) is 17.9 Å². The van der Waals surface area contributed by atoms with Crippen LogP contribution in [0.2, 0.25) is 0 Å². The molecule has 2 N–H and O–H groups in total. The number of imidazole rings is 1. The van der Waals surface area contributed by atoms with Crippen molar-refractivity contribution in [3.63, 3.8) is 0 Å². The summed E-state index contributed by atoms with van der Waals surface area (Å²) in [4.78, 5) is 7.15. The highest BCUT2D eigenvalue weighted by Gasteiger charge is 2.24. The number of aromatic nitrogens is 2. The Balaban J connectivity index is 2.03. The highest BCUT2D eigenvalue weighted by atomic mass is 32.2. The van der Waals surface area contributed by atoms with Gasteiger partial charge in [0.25, 0.3) is 0 Å². The fourth-order valence-electron chi connectivity index (χ4n) is 2.69. The van der Waals surface area contributed by atoms with Gasteiger partial charge in [0.1, 0.15) is 5.65 Å². The Morgan fingerprint density at radius 3 is 3.16 bits per heavy atom. The Hall–Kier alpha value is -1.20. The van der Waals surface area contributed by atoms with E-state index in [4.69, 9.17) is 10.7 Å². The van der Waals surface area contributed by atoms with Crippen molar-refractivity contribution in [3.8, 4) is 0 Å². The minimum absolute atomic E-state index is 0.603. The molecule has 0 aliphatic carbocycles. The number of thioether (sulfide) groups is 1. The highest BCUT2D eigenvalue weighted by Crippen LogP contribution is 2.28. The summed E-state index contributed by atoms with van der Waals surface area (Å²) in [6, 6.07) is 6.74. The third-order valence-electron chi connectivity index (χ3n) is 3.78. The molecule has 1 aliphatic rings. The number of hydrogen-bond acceptors (Lipinski definition) is 4. The predicted molar refractivity (Wildman–Crippen MR) is 82.1 cm³/mol. The summed E-state index contributed by atoms with van der Waals surface area (Å²) in [5.41, 5.74) is 8.02. The average Bonchev–Trinajstić information content (AvgIpc) is 3.06. The number of nitrogens with zero attached hydrogens (tertiary/aromatic N) is 3. The number of rotatable bonds is 4. The van der Waals surface area contributed by atoms with Gasteiger partial charge in [0.2, 0.25) is 0 Å². The molecule has 0 spiro atoms. The zero-order valence-electron chi connectivity index (χ0n) is 11.2. The molecular weight excluding hydrogens is 256 g/mol. The van der Waals surface area contributed by atoms with E-state index in [0.29, 0.717) is 12.6 Å². The summed E-state index contributed by atoms with van der Waals surface area (Å²) in [6.45, 7) is 0.656. The molecule has 3 rings (SSSR count). The van der Waals surface area contributed by atoms with Gasteiger partial charge in [-0.3, -0.25) is 0 Å². The van der Waals surface area contributed by atoms with Crippen LogP contribution in [0.5, 0.6) is 0 Å². The van der Waals surface area contributed by atoms with Gasteiger partial charge < -0.3 is 15.0 Å². The van der Waals surface area contributed by atoms with Crippen molar-refractivity contribution < 1.29 is 0 Å². The first-order valence-corrected chi connectivity index (χ1v) is 7.93. The first kappa shape index (κ1) is 12.8. The summed E-state index contributed by atoms with van der Waals surface area (Å²) in [6.07, 6.45) is 4.19. The quantitative estimate of drug-likeness (QED) is 0.924. The van der Waals surface area contributed by atoms with Crippen LogP contribution in [0, 0.1) is 0 Å². The van der Waals surface area contributed by atoms with Crippen molar-refractivity contribution in [2.24, 2.45) is 5.73 Å². The molecule has 0 amide bonds. The van der Waals surface area contributed by atoms with Gasteiger partial charge in [0.15, 0.2) is 5.82 Å². The van der Waals surface area contributed by atoms with Crippen LogP contribution in [0.3, 0.4) is 0 Å².